The van der Waals surface area contributed by atoms with Crippen LogP contribution in [0.4, 0.5) is 9.52 Å². The van der Waals surface area contributed by atoms with Gasteiger partial charge in [0.2, 0.25) is 5.91 Å². The smallest absolute Gasteiger partial charge is 0.260 e. The van der Waals surface area contributed by atoms with Gasteiger partial charge in [0, 0.05) is 36.2 Å². The summed E-state index contributed by atoms with van der Waals surface area (Å²) in [6.07, 6.45) is 5.78. The molecule has 4 heterocycles. The average molecular weight is 464 g/mol. The number of piperidine rings is 1. The summed E-state index contributed by atoms with van der Waals surface area (Å²) in [5, 5.41) is 5.85. The van der Waals surface area contributed by atoms with Gasteiger partial charge in [0.25, 0.3) is 5.91 Å². The first kappa shape index (κ1) is 21.3. The number of H-pyrrole nitrogens is 1. The van der Waals surface area contributed by atoms with E-state index in [-0.39, 0.29) is 17.9 Å². The van der Waals surface area contributed by atoms with E-state index in [2.05, 4.69) is 26.3 Å². The van der Waals surface area contributed by atoms with Crippen LogP contribution >= 0.6 is 11.3 Å². The maximum atomic E-state index is 13.8. The second-order valence-corrected chi connectivity index (χ2v) is 8.91. The highest BCUT2D eigenvalue weighted by Gasteiger charge is 2.26. The minimum Gasteiger partial charge on any atom is -0.346 e. The third-order valence-electron chi connectivity index (χ3n) is 5.99. The number of carbonyl (C=O) groups is 2. The lowest BCUT2D eigenvalue weighted by molar-refractivity contribution is -0.131. The van der Waals surface area contributed by atoms with Crippen molar-refractivity contribution >= 4 is 39.3 Å². The second-order valence-electron chi connectivity index (χ2n) is 8.05. The molecule has 2 amide bonds. The summed E-state index contributed by atoms with van der Waals surface area (Å²) in [5.41, 5.74) is 2.71. The molecule has 0 saturated carbocycles. The van der Waals surface area contributed by atoms with Crippen LogP contribution in [0, 0.1) is 5.82 Å². The van der Waals surface area contributed by atoms with Crippen LogP contribution in [0.5, 0.6) is 0 Å². The van der Waals surface area contributed by atoms with Gasteiger partial charge >= 0.3 is 0 Å². The Morgan fingerprint density at radius 1 is 1.18 bits per heavy atom. The largest absolute Gasteiger partial charge is 0.346 e. The predicted octanol–water partition coefficient (Wildman–Crippen LogP) is 4.36. The zero-order valence-corrected chi connectivity index (χ0v) is 18.6. The van der Waals surface area contributed by atoms with Gasteiger partial charge in [-0.2, -0.15) is 0 Å². The molecule has 0 bridgehead atoms. The van der Waals surface area contributed by atoms with Crippen LogP contribution in [-0.2, 0) is 11.2 Å². The van der Waals surface area contributed by atoms with Gasteiger partial charge in [0.1, 0.15) is 11.5 Å². The zero-order chi connectivity index (χ0) is 22.8. The average Bonchev–Trinajstić information content (AvgIpc) is 3.46. The molecule has 0 atom stereocenters. The van der Waals surface area contributed by atoms with Crippen LogP contribution in [0.2, 0.25) is 0 Å². The summed E-state index contributed by atoms with van der Waals surface area (Å²) >= 11 is 1.22. The maximum Gasteiger partial charge on any atom is 0.260 e. The van der Waals surface area contributed by atoms with Crippen LogP contribution in [0.1, 0.15) is 40.4 Å². The number of nitrogens with zero attached hydrogens (tertiary/aromatic N) is 3. The van der Waals surface area contributed by atoms with E-state index in [1.165, 1.54) is 35.1 Å². The number of rotatable bonds is 5. The lowest BCUT2D eigenvalue weighted by Crippen LogP contribution is -2.38. The first-order chi connectivity index (χ1) is 16.1. The monoisotopic (exact) mass is 463 g/mol. The molecule has 1 aliphatic heterocycles. The van der Waals surface area contributed by atoms with Crippen LogP contribution in [0.15, 0.2) is 54.2 Å². The Morgan fingerprint density at radius 2 is 2.00 bits per heavy atom. The van der Waals surface area contributed by atoms with Crippen molar-refractivity contribution in [2.24, 2.45) is 0 Å². The number of nitrogens with one attached hydrogen (secondary N) is 2. The van der Waals surface area contributed by atoms with E-state index < -0.39 is 11.7 Å². The van der Waals surface area contributed by atoms with Crippen molar-refractivity contribution in [2.75, 3.05) is 18.4 Å². The molecule has 1 aliphatic rings. The number of fused-ring (bicyclic) bond motifs is 1. The topological polar surface area (TPSA) is 91.0 Å². The number of amides is 2. The number of likely N-dealkylation sites (tertiary alicyclic amines) is 1. The number of carbonyl (C=O) groups excluding carboxylic acids is 2. The molecule has 5 rings (SSSR count). The van der Waals surface area contributed by atoms with Crippen LogP contribution in [0.25, 0.3) is 11.0 Å². The summed E-state index contributed by atoms with van der Waals surface area (Å²) in [4.78, 5) is 38.9. The molecule has 3 aromatic heterocycles. The van der Waals surface area contributed by atoms with Crippen molar-refractivity contribution < 1.29 is 14.0 Å². The number of aromatic nitrogens is 3. The lowest BCUT2D eigenvalue weighted by atomic mass is 9.89. The van der Waals surface area contributed by atoms with Gasteiger partial charge in [0.15, 0.2) is 5.13 Å². The Hall–Kier alpha value is -3.59. The number of hydrogen-bond donors (Lipinski definition) is 2. The number of aromatic amines is 1. The summed E-state index contributed by atoms with van der Waals surface area (Å²) in [6, 6.07) is 9.80. The fourth-order valence-corrected chi connectivity index (χ4v) is 4.98. The number of halogens is 1. The number of pyridine rings is 1. The van der Waals surface area contributed by atoms with Gasteiger partial charge in [-0.25, -0.2) is 14.4 Å². The fraction of sp³-hybridized carbons (Fsp3) is 0.250. The molecular weight excluding hydrogens is 441 g/mol. The van der Waals surface area contributed by atoms with E-state index in [0.717, 1.165) is 23.9 Å². The van der Waals surface area contributed by atoms with E-state index in [1.807, 2.05) is 17.2 Å². The number of anilines is 1. The molecule has 0 radical (unpaired) electrons. The highest BCUT2D eigenvalue weighted by molar-refractivity contribution is 7.14. The third kappa shape index (κ3) is 4.49. The van der Waals surface area contributed by atoms with E-state index in [9.17, 15) is 14.0 Å². The number of benzene rings is 1. The molecule has 0 aliphatic carbocycles. The third-order valence-corrected chi connectivity index (χ3v) is 6.80. The van der Waals surface area contributed by atoms with Crippen LogP contribution < -0.4 is 5.32 Å². The second kappa shape index (κ2) is 9.11. The molecule has 168 valence electrons. The van der Waals surface area contributed by atoms with Gasteiger partial charge < -0.3 is 9.88 Å². The van der Waals surface area contributed by atoms with Crippen molar-refractivity contribution in [3.63, 3.8) is 0 Å². The lowest BCUT2D eigenvalue weighted by Gasteiger charge is -2.32. The van der Waals surface area contributed by atoms with Crippen LogP contribution in [-0.4, -0.2) is 44.8 Å². The molecule has 1 fully saturated rings. The first-order valence-electron chi connectivity index (χ1n) is 10.8. The molecule has 1 saturated heterocycles. The molecule has 33 heavy (non-hydrogen) atoms. The SMILES string of the molecule is O=C(Nc1nc(CC(=O)N2CCC(c3c[nH]c4ncccc34)CC2)cs1)c1ccccc1F. The Labute approximate surface area is 193 Å². The molecule has 4 aromatic rings. The van der Waals surface area contributed by atoms with Crippen molar-refractivity contribution in [2.45, 2.75) is 25.2 Å². The van der Waals surface area contributed by atoms with Crippen molar-refractivity contribution in [3.05, 3.63) is 76.8 Å². The fourth-order valence-electron chi connectivity index (χ4n) is 4.28. The Balaban J connectivity index is 1.16. The minimum absolute atomic E-state index is 0.0197. The normalized spacial score (nSPS) is 14.5. The van der Waals surface area contributed by atoms with Crippen molar-refractivity contribution in [1.82, 2.24) is 19.9 Å². The summed E-state index contributed by atoms with van der Waals surface area (Å²) in [5.74, 6) is -0.734. The summed E-state index contributed by atoms with van der Waals surface area (Å²) < 4.78 is 13.8. The van der Waals surface area contributed by atoms with Gasteiger partial charge in [-0.3, -0.25) is 14.9 Å². The van der Waals surface area contributed by atoms with Crippen molar-refractivity contribution in [1.29, 1.82) is 0 Å². The molecular formula is C24H22FN5O2S. The molecule has 0 unspecified atom stereocenters. The highest BCUT2D eigenvalue weighted by Crippen LogP contribution is 2.32. The van der Waals surface area contributed by atoms with Gasteiger partial charge in [-0.05, 0) is 48.6 Å². The molecule has 2 N–H and O–H groups in total. The molecule has 7 nitrogen and oxygen atoms in total. The van der Waals surface area contributed by atoms with Gasteiger partial charge in [0.05, 0.1) is 17.7 Å². The Kier molecular flexibility index (Phi) is 5.87. The summed E-state index contributed by atoms with van der Waals surface area (Å²) in [6.45, 7) is 1.38. The Bertz CT molecular complexity index is 1310. The van der Waals surface area contributed by atoms with E-state index >= 15 is 0 Å². The molecule has 0 spiro atoms. The minimum atomic E-state index is -0.589. The van der Waals surface area contributed by atoms with Gasteiger partial charge in [-0.1, -0.05) is 12.1 Å². The summed E-state index contributed by atoms with van der Waals surface area (Å²) in [7, 11) is 0. The standard InChI is InChI=1S/C24H22FN5O2S/c25-20-6-2-1-4-18(20)23(32)29-24-28-16(14-33-24)12-21(31)30-10-7-15(8-11-30)19-13-27-22-17(19)5-3-9-26-22/h1-6,9,13-15H,7-8,10-12H2,(H,26,27)(H,28,29,32). The molecule has 1 aromatic carbocycles. The highest BCUT2D eigenvalue weighted by atomic mass is 32.1. The number of thiazole rings is 1. The van der Waals surface area contributed by atoms with Gasteiger partial charge in [-0.15, -0.1) is 11.3 Å². The van der Waals surface area contributed by atoms with Crippen LogP contribution in [0.3, 0.4) is 0 Å². The number of hydrogen-bond acceptors (Lipinski definition) is 5. The zero-order valence-electron chi connectivity index (χ0n) is 17.8. The quantitative estimate of drug-likeness (QED) is 0.460. The predicted molar refractivity (Wildman–Crippen MR) is 125 cm³/mol. The van der Waals surface area contributed by atoms with Crippen molar-refractivity contribution in [3.8, 4) is 0 Å². The maximum absolute atomic E-state index is 13.8. The Morgan fingerprint density at radius 3 is 2.82 bits per heavy atom. The molecule has 9 heteroatoms. The van der Waals surface area contributed by atoms with E-state index in [0.29, 0.717) is 29.8 Å². The van der Waals surface area contributed by atoms with E-state index in [4.69, 9.17) is 0 Å². The first-order valence-corrected chi connectivity index (χ1v) is 11.7. The van der Waals surface area contributed by atoms with E-state index in [1.54, 1.807) is 17.6 Å².